The molecule has 0 radical (unpaired) electrons. The summed E-state index contributed by atoms with van der Waals surface area (Å²) in [6.45, 7) is 0. The molecule has 2 N–H and O–H groups in total. The second-order valence-electron chi connectivity index (χ2n) is 3.41. The van der Waals surface area contributed by atoms with E-state index >= 15 is 0 Å². The Morgan fingerprint density at radius 1 is 0.550 bits per heavy atom. The second kappa shape index (κ2) is 7.69. The number of benzene rings is 2. The fourth-order valence-corrected chi connectivity index (χ4v) is 2.10. The summed E-state index contributed by atoms with van der Waals surface area (Å²) >= 11 is 33.2. The van der Waals surface area contributed by atoms with Gasteiger partial charge in [-0.25, -0.2) is 0 Å². The minimum absolute atomic E-state index is 0.0592. The van der Waals surface area contributed by atoms with E-state index in [1.807, 2.05) is 0 Å². The van der Waals surface area contributed by atoms with Crippen molar-refractivity contribution in [3.63, 3.8) is 0 Å². The average Bonchev–Trinajstić information content (AvgIpc) is 2.39. The van der Waals surface area contributed by atoms with Gasteiger partial charge in [-0.3, -0.25) is 0 Å². The Bertz CT molecular complexity index is 553. The summed E-state index contributed by atoms with van der Waals surface area (Å²) < 4.78 is 0. The van der Waals surface area contributed by atoms with Crippen molar-refractivity contribution in [2.45, 2.75) is 0 Å². The van der Waals surface area contributed by atoms with Crippen LogP contribution in [0.15, 0.2) is 24.3 Å². The molecule has 0 aliphatic rings. The number of rotatable bonds is 0. The minimum atomic E-state index is -0.0592. The topological polar surface area (TPSA) is 40.5 Å². The largest absolute Gasteiger partial charge is 0.506 e. The van der Waals surface area contributed by atoms with Crippen molar-refractivity contribution in [1.82, 2.24) is 0 Å². The van der Waals surface area contributed by atoms with Gasteiger partial charge in [-0.1, -0.05) is 69.6 Å². The standard InChI is InChI=1S/2C6H3Cl3O/c7-3-1-5(9)6(10)2-4(3)8;7-3-1-2-4(10)6(9)5(3)8/h2*1-2,10H. The van der Waals surface area contributed by atoms with Crippen molar-refractivity contribution in [1.29, 1.82) is 0 Å². The monoisotopic (exact) mass is 392 g/mol. The van der Waals surface area contributed by atoms with E-state index in [4.69, 9.17) is 79.8 Å². The van der Waals surface area contributed by atoms with Crippen molar-refractivity contribution in [3.05, 3.63) is 54.4 Å². The Hall–Kier alpha value is -0.220. The van der Waals surface area contributed by atoms with Crippen LogP contribution in [0.1, 0.15) is 0 Å². The highest BCUT2D eigenvalue weighted by Gasteiger charge is 2.06. The first-order valence-corrected chi connectivity index (χ1v) is 7.16. The predicted molar refractivity (Wildman–Crippen MR) is 86.3 cm³/mol. The molecule has 0 amide bonds. The first-order chi connectivity index (χ1) is 9.23. The fourth-order valence-electron chi connectivity index (χ4n) is 1.03. The molecular weight excluding hydrogens is 389 g/mol. The third-order valence-corrected chi connectivity index (χ3v) is 4.31. The number of halogens is 6. The molecule has 2 rings (SSSR count). The summed E-state index contributed by atoms with van der Waals surface area (Å²) in [6, 6.07) is 5.55. The van der Waals surface area contributed by atoms with E-state index in [9.17, 15) is 0 Å². The van der Waals surface area contributed by atoms with Gasteiger partial charge in [0, 0.05) is 6.07 Å². The Morgan fingerprint density at radius 2 is 1.10 bits per heavy atom. The van der Waals surface area contributed by atoms with Gasteiger partial charge in [0.2, 0.25) is 0 Å². The maximum atomic E-state index is 8.95. The van der Waals surface area contributed by atoms with Crippen LogP contribution in [0.4, 0.5) is 0 Å². The Morgan fingerprint density at radius 3 is 1.60 bits per heavy atom. The van der Waals surface area contributed by atoms with E-state index < -0.39 is 0 Å². The highest BCUT2D eigenvalue weighted by molar-refractivity contribution is 6.48. The van der Waals surface area contributed by atoms with Crippen LogP contribution < -0.4 is 0 Å². The van der Waals surface area contributed by atoms with E-state index in [1.54, 1.807) is 0 Å². The molecule has 0 aliphatic heterocycles. The maximum absolute atomic E-state index is 8.95. The third kappa shape index (κ3) is 4.66. The van der Waals surface area contributed by atoms with E-state index in [0.717, 1.165) is 0 Å². The quantitative estimate of drug-likeness (QED) is 0.385. The zero-order chi connectivity index (χ0) is 15.4. The van der Waals surface area contributed by atoms with Crippen LogP contribution in [0, 0.1) is 0 Å². The molecule has 0 saturated carbocycles. The molecule has 0 spiro atoms. The van der Waals surface area contributed by atoms with Crippen molar-refractivity contribution in [2.75, 3.05) is 0 Å². The summed E-state index contributed by atoms with van der Waals surface area (Å²) in [7, 11) is 0. The van der Waals surface area contributed by atoms with Gasteiger partial charge >= 0.3 is 0 Å². The smallest absolute Gasteiger partial charge is 0.135 e. The van der Waals surface area contributed by atoms with Crippen LogP contribution in [-0.2, 0) is 0 Å². The van der Waals surface area contributed by atoms with Crippen molar-refractivity contribution >= 4 is 69.6 Å². The van der Waals surface area contributed by atoms with Gasteiger partial charge in [-0.05, 0) is 18.2 Å². The summed E-state index contributed by atoms with van der Waals surface area (Å²) in [5.41, 5.74) is 0. The lowest BCUT2D eigenvalue weighted by Crippen LogP contribution is -1.71. The molecule has 0 atom stereocenters. The van der Waals surface area contributed by atoms with E-state index in [-0.39, 0.29) is 26.6 Å². The highest BCUT2D eigenvalue weighted by Crippen LogP contribution is 2.36. The molecule has 2 aromatic carbocycles. The van der Waals surface area contributed by atoms with Crippen LogP contribution in [0.5, 0.6) is 11.5 Å². The summed E-state index contributed by atoms with van der Waals surface area (Å²) in [4.78, 5) is 0. The summed E-state index contributed by atoms with van der Waals surface area (Å²) in [5, 5.41) is 19.3. The molecule has 0 aromatic heterocycles. The van der Waals surface area contributed by atoms with Gasteiger partial charge in [-0.15, -0.1) is 0 Å². The van der Waals surface area contributed by atoms with Crippen LogP contribution in [-0.4, -0.2) is 10.2 Å². The highest BCUT2D eigenvalue weighted by atomic mass is 35.5. The third-order valence-electron chi connectivity index (χ3n) is 2.00. The lowest BCUT2D eigenvalue weighted by atomic mass is 10.3. The molecule has 0 saturated heterocycles. The molecule has 0 aliphatic carbocycles. The molecule has 20 heavy (non-hydrogen) atoms. The van der Waals surface area contributed by atoms with E-state index in [1.165, 1.54) is 24.3 Å². The normalized spacial score (nSPS) is 9.90. The molecule has 108 valence electrons. The lowest BCUT2D eigenvalue weighted by molar-refractivity contribution is 0.475. The number of phenols is 2. The van der Waals surface area contributed by atoms with Gasteiger partial charge in [0.1, 0.15) is 16.5 Å². The van der Waals surface area contributed by atoms with Gasteiger partial charge in [0.05, 0.1) is 25.1 Å². The second-order valence-corrected chi connectivity index (χ2v) is 5.80. The number of aromatic hydroxyl groups is 2. The number of phenolic OH excluding ortho intramolecular Hbond substituents is 2. The number of hydrogen-bond acceptors (Lipinski definition) is 2. The van der Waals surface area contributed by atoms with Gasteiger partial charge in [-0.2, -0.15) is 0 Å². The average molecular weight is 395 g/mol. The Kier molecular flexibility index (Phi) is 6.86. The Balaban J connectivity index is 0.000000200. The molecule has 0 fully saturated rings. The predicted octanol–water partition coefficient (Wildman–Crippen LogP) is 6.70. The van der Waals surface area contributed by atoms with Crippen molar-refractivity contribution < 1.29 is 10.2 Å². The first kappa shape index (κ1) is 17.8. The lowest BCUT2D eigenvalue weighted by Gasteiger charge is -1.99. The zero-order valence-corrected chi connectivity index (χ0v) is 14.0. The molecule has 2 nitrogen and oxygen atoms in total. The molecule has 2 aromatic rings. The van der Waals surface area contributed by atoms with Gasteiger partial charge in [0.15, 0.2) is 0 Å². The molecule has 8 heteroatoms. The van der Waals surface area contributed by atoms with E-state index in [2.05, 4.69) is 0 Å². The van der Waals surface area contributed by atoms with E-state index in [0.29, 0.717) is 15.1 Å². The van der Waals surface area contributed by atoms with Crippen molar-refractivity contribution in [2.24, 2.45) is 0 Å². The summed E-state index contributed by atoms with van der Waals surface area (Å²) in [6.07, 6.45) is 0. The maximum Gasteiger partial charge on any atom is 0.135 e. The van der Waals surface area contributed by atoms with Crippen molar-refractivity contribution in [3.8, 4) is 11.5 Å². The SMILES string of the molecule is Oc1cc(Cl)c(Cl)cc1Cl.Oc1ccc(Cl)c(Cl)c1Cl. The molecule has 0 heterocycles. The fraction of sp³-hybridized carbons (Fsp3) is 0. The molecule has 0 unspecified atom stereocenters. The van der Waals surface area contributed by atoms with Crippen LogP contribution in [0.2, 0.25) is 30.1 Å². The first-order valence-electron chi connectivity index (χ1n) is 4.90. The summed E-state index contributed by atoms with van der Waals surface area (Å²) in [5.74, 6) is -0.118. The zero-order valence-electron chi connectivity index (χ0n) is 9.47. The molecule has 0 bridgehead atoms. The minimum Gasteiger partial charge on any atom is -0.506 e. The van der Waals surface area contributed by atoms with Crippen LogP contribution in [0.25, 0.3) is 0 Å². The number of hydrogen-bond donors (Lipinski definition) is 2. The van der Waals surface area contributed by atoms with Gasteiger partial charge in [0.25, 0.3) is 0 Å². The van der Waals surface area contributed by atoms with Crippen LogP contribution in [0.3, 0.4) is 0 Å². The Labute approximate surface area is 145 Å². The van der Waals surface area contributed by atoms with Gasteiger partial charge < -0.3 is 10.2 Å². The van der Waals surface area contributed by atoms with Crippen LogP contribution >= 0.6 is 69.6 Å². The molecular formula is C12H6Cl6O2.